The Morgan fingerprint density at radius 1 is 1.47 bits per heavy atom. The second-order valence-electron chi connectivity index (χ2n) is 3.88. The standard InChI is InChI=1S/C11H11F3N4S/c1-2-18-8-4-3-6(11(12,13)14)5-7(8)9(17-18)16-10(15)19/h3-5H,2H2,1H3,(H3,15,16,17,19). The van der Waals surface area contributed by atoms with Crippen LogP contribution in [0.25, 0.3) is 10.9 Å². The molecule has 19 heavy (non-hydrogen) atoms. The Labute approximate surface area is 112 Å². The number of nitrogens with two attached hydrogens (primary N) is 1. The van der Waals surface area contributed by atoms with Gasteiger partial charge in [-0.05, 0) is 37.3 Å². The lowest BCUT2D eigenvalue weighted by Crippen LogP contribution is -2.19. The number of alkyl halides is 3. The summed E-state index contributed by atoms with van der Waals surface area (Å²) in [6.45, 7) is 2.37. The predicted molar refractivity (Wildman–Crippen MR) is 70.8 cm³/mol. The molecule has 8 heteroatoms. The second kappa shape index (κ2) is 4.69. The fourth-order valence-corrected chi connectivity index (χ4v) is 1.90. The van der Waals surface area contributed by atoms with Crippen LogP contribution in [-0.2, 0) is 12.7 Å². The van der Waals surface area contributed by atoms with Crippen LogP contribution in [-0.4, -0.2) is 14.9 Å². The van der Waals surface area contributed by atoms with Crippen molar-refractivity contribution >= 4 is 34.1 Å². The molecule has 2 aromatic rings. The monoisotopic (exact) mass is 288 g/mol. The highest BCUT2D eigenvalue weighted by atomic mass is 32.1. The van der Waals surface area contributed by atoms with E-state index < -0.39 is 11.7 Å². The summed E-state index contributed by atoms with van der Waals surface area (Å²) in [5, 5.41) is 7.03. The van der Waals surface area contributed by atoms with E-state index in [1.54, 1.807) is 4.68 Å². The number of thiocarbonyl (C=S) groups is 1. The number of anilines is 1. The van der Waals surface area contributed by atoms with Crippen LogP contribution in [0.2, 0.25) is 0 Å². The van der Waals surface area contributed by atoms with Gasteiger partial charge in [-0.15, -0.1) is 0 Å². The molecule has 0 aliphatic rings. The van der Waals surface area contributed by atoms with Gasteiger partial charge < -0.3 is 11.1 Å². The van der Waals surface area contributed by atoms with Gasteiger partial charge in [0.25, 0.3) is 0 Å². The number of nitrogens with one attached hydrogen (secondary N) is 1. The van der Waals surface area contributed by atoms with Gasteiger partial charge in [0.05, 0.1) is 11.1 Å². The van der Waals surface area contributed by atoms with Gasteiger partial charge in [0, 0.05) is 11.9 Å². The van der Waals surface area contributed by atoms with Crippen LogP contribution in [0.1, 0.15) is 12.5 Å². The Balaban J connectivity index is 2.64. The number of rotatable bonds is 2. The molecule has 0 aliphatic carbocycles. The molecule has 3 N–H and O–H groups in total. The smallest absolute Gasteiger partial charge is 0.376 e. The molecular weight excluding hydrogens is 277 g/mol. The molecule has 0 radical (unpaired) electrons. The number of halogens is 3. The van der Waals surface area contributed by atoms with E-state index >= 15 is 0 Å². The molecule has 0 atom stereocenters. The highest BCUT2D eigenvalue weighted by Gasteiger charge is 2.31. The lowest BCUT2D eigenvalue weighted by molar-refractivity contribution is -0.137. The number of hydrogen-bond acceptors (Lipinski definition) is 2. The molecule has 4 nitrogen and oxygen atoms in total. The topological polar surface area (TPSA) is 55.9 Å². The third-order valence-electron chi connectivity index (χ3n) is 2.62. The summed E-state index contributed by atoms with van der Waals surface area (Å²) in [4.78, 5) is 0. The molecule has 1 aromatic carbocycles. The van der Waals surface area contributed by atoms with E-state index in [2.05, 4.69) is 22.6 Å². The lowest BCUT2D eigenvalue weighted by Gasteiger charge is -2.07. The summed E-state index contributed by atoms with van der Waals surface area (Å²) in [6.07, 6.45) is -4.40. The Morgan fingerprint density at radius 3 is 2.68 bits per heavy atom. The summed E-state index contributed by atoms with van der Waals surface area (Å²) in [5.41, 5.74) is 5.20. The summed E-state index contributed by atoms with van der Waals surface area (Å²) in [5.74, 6) is 0.232. The van der Waals surface area contributed by atoms with Gasteiger partial charge in [-0.25, -0.2) is 0 Å². The van der Waals surface area contributed by atoms with Crippen molar-refractivity contribution in [2.75, 3.05) is 5.32 Å². The number of aryl methyl sites for hydroxylation is 1. The first-order valence-corrected chi connectivity index (χ1v) is 5.88. The molecule has 0 amide bonds. The van der Waals surface area contributed by atoms with Crippen molar-refractivity contribution in [2.45, 2.75) is 19.6 Å². The van der Waals surface area contributed by atoms with Crippen LogP contribution in [0.4, 0.5) is 19.0 Å². The normalized spacial score (nSPS) is 11.8. The van der Waals surface area contributed by atoms with Gasteiger partial charge in [0.1, 0.15) is 0 Å². The van der Waals surface area contributed by atoms with Crippen molar-refractivity contribution in [2.24, 2.45) is 5.73 Å². The van der Waals surface area contributed by atoms with Gasteiger partial charge in [-0.3, -0.25) is 4.68 Å². The molecular formula is C11H11F3N4S. The van der Waals surface area contributed by atoms with E-state index in [0.717, 1.165) is 12.1 Å². The van der Waals surface area contributed by atoms with Gasteiger partial charge in [-0.2, -0.15) is 18.3 Å². The van der Waals surface area contributed by atoms with Crippen molar-refractivity contribution < 1.29 is 13.2 Å². The van der Waals surface area contributed by atoms with Gasteiger partial charge in [-0.1, -0.05) is 0 Å². The Bertz CT molecular complexity index is 633. The maximum atomic E-state index is 12.7. The highest BCUT2D eigenvalue weighted by molar-refractivity contribution is 7.80. The van der Waals surface area contributed by atoms with Gasteiger partial charge in [0.15, 0.2) is 10.9 Å². The maximum absolute atomic E-state index is 12.7. The first-order valence-electron chi connectivity index (χ1n) is 5.47. The number of aromatic nitrogens is 2. The van der Waals surface area contributed by atoms with Crippen LogP contribution < -0.4 is 11.1 Å². The molecule has 0 unspecified atom stereocenters. The molecule has 1 aromatic heterocycles. The van der Waals surface area contributed by atoms with Crippen LogP contribution in [0, 0.1) is 0 Å². The third-order valence-corrected chi connectivity index (χ3v) is 2.72. The number of nitrogens with zero attached hydrogens (tertiary/aromatic N) is 2. The summed E-state index contributed by atoms with van der Waals surface area (Å²) in [7, 11) is 0. The van der Waals surface area contributed by atoms with E-state index in [0.29, 0.717) is 17.4 Å². The predicted octanol–water partition coefficient (Wildman–Crippen LogP) is 2.73. The first-order chi connectivity index (χ1) is 8.82. The minimum atomic E-state index is -4.40. The Hall–Kier alpha value is -1.83. The minimum absolute atomic E-state index is 0.0416. The third kappa shape index (κ3) is 2.62. The molecule has 1 heterocycles. The van der Waals surface area contributed by atoms with Crippen molar-refractivity contribution in [3.8, 4) is 0 Å². The zero-order chi connectivity index (χ0) is 14.2. The largest absolute Gasteiger partial charge is 0.416 e. The highest BCUT2D eigenvalue weighted by Crippen LogP contribution is 2.33. The molecule has 0 aliphatic heterocycles. The zero-order valence-corrected chi connectivity index (χ0v) is 10.8. The van der Waals surface area contributed by atoms with Crippen LogP contribution >= 0.6 is 12.2 Å². The minimum Gasteiger partial charge on any atom is -0.376 e. The molecule has 0 fully saturated rings. The van der Waals surface area contributed by atoms with Crippen LogP contribution in [0.15, 0.2) is 18.2 Å². The number of benzene rings is 1. The van der Waals surface area contributed by atoms with E-state index in [-0.39, 0.29) is 10.9 Å². The summed E-state index contributed by atoms with van der Waals surface area (Å²) in [6, 6.07) is 3.45. The molecule has 0 saturated heterocycles. The van der Waals surface area contributed by atoms with E-state index in [9.17, 15) is 13.2 Å². The van der Waals surface area contributed by atoms with Crippen molar-refractivity contribution in [3.05, 3.63) is 23.8 Å². The molecule has 0 saturated carbocycles. The quantitative estimate of drug-likeness (QED) is 0.834. The number of hydrogen-bond donors (Lipinski definition) is 2. The molecule has 2 rings (SSSR count). The van der Waals surface area contributed by atoms with Gasteiger partial charge >= 0.3 is 6.18 Å². The summed E-state index contributed by atoms with van der Waals surface area (Å²) >= 11 is 4.69. The SMILES string of the molecule is CCn1nc(NC(N)=S)c2cc(C(F)(F)F)ccc21. The average Bonchev–Trinajstić information content (AvgIpc) is 2.65. The fraction of sp³-hybridized carbons (Fsp3) is 0.273. The molecule has 102 valence electrons. The first kappa shape index (κ1) is 13.6. The molecule has 0 spiro atoms. The van der Waals surface area contributed by atoms with E-state index in [1.165, 1.54) is 6.07 Å². The van der Waals surface area contributed by atoms with Crippen molar-refractivity contribution in [3.63, 3.8) is 0 Å². The van der Waals surface area contributed by atoms with Crippen molar-refractivity contribution in [1.29, 1.82) is 0 Å². The van der Waals surface area contributed by atoms with Crippen LogP contribution in [0.3, 0.4) is 0 Å². The average molecular weight is 288 g/mol. The Kier molecular flexibility index (Phi) is 3.36. The van der Waals surface area contributed by atoms with E-state index in [1.807, 2.05) is 6.92 Å². The number of fused-ring (bicyclic) bond motifs is 1. The maximum Gasteiger partial charge on any atom is 0.416 e. The lowest BCUT2D eigenvalue weighted by atomic mass is 10.1. The Morgan fingerprint density at radius 2 is 2.16 bits per heavy atom. The van der Waals surface area contributed by atoms with E-state index in [4.69, 9.17) is 5.73 Å². The second-order valence-corrected chi connectivity index (χ2v) is 4.32. The van der Waals surface area contributed by atoms with Gasteiger partial charge in [0.2, 0.25) is 0 Å². The fourth-order valence-electron chi connectivity index (χ4n) is 1.81. The zero-order valence-electron chi connectivity index (χ0n) is 9.95. The molecule has 0 bridgehead atoms. The summed E-state index contributed by atoms with van der Waals surface area (Å²) < 4.78 is 39.7. The van der Waals surface area contributed by atoms with Crippen LogP contribution in [0.5, 0.6) is 0 Å². The van der Waals surface area contributed by atoms with Crippen molar-refractivity contribution in [1.82, 2.24) is 9.78 Å².